The minimum Gasteiger partial charge on any atom is -0.466 e. The fourth-order valence-corrected chi connectivity index (χ4v) is 4.18. The molecule has 0 N–H and O–H groups in total. The molecule has 2 fully saturated rings. The van der Waals surface area contributed by atoms with Gasteiger partial charge in [-0.05, 0) is 43.9 Å². The molecule has 2 aliphatic rings. The summed E-state index contributed by atoms with van der Waals surface area (Å²) in [4.78, 5) is 36.3. The van der Waals surface area contributed by atoms with Crippen molar-refractivity contribution < 1.29 is 19.1 Å². The number of fused-ring (bicyclic) bond motifs is 1. The van der Waals surface area contributed by atoms with E-state index in [9.17, 15) is 14.4 Å². The summed E-state index contributed by atoms with van der Waals surface area (Å²) in [5.41, 5.74) is -0.801. The van der Waals surface area contributed by atoms with E-state index in [0.29, 0.717) is 18.4 Å². The molecule has 4 nitrogen and oxygen atoms in total. The lowest BCUT2D eigenvalue weighted by Crippen LogP contribution is -2.50. The first-order chi connectivity index (χ1) is 9.28. The van der Waals surface area contributed by atoms with E-state index in [4.69, 9.17) is 4.74 Å². The minimum absolute atomic E-state index is 0.0369. The van der Waals surface area contributed by atoms with Crippen LogP contribution in [-0.4, -0.2) is 24.6 Å². The third kappa shape index (κ3) is 1.85. The molecule has 0 bridgehead atoms. The molecule has 0 saturated heterocycles. The van der Waals surface area contributed by atoms with E-state index in [-0.39, 0.29) is 22.9 Å². The summed E-state index contributed by atoms with van der Waals surface area (Å²) in [5, 5.41) is 0. The molecule has 20 heavy (non-hydrogen) atoms. The number of Topliss-reactive ketones (excluding diaryl/α,β-unsaturated/α-hetero) is 2. The fourth-order valence-electron chi connectivity index (χ4n) is 4.18. The van der Waals surface area contributed by atoms with E-state index < -0.39 is 11.4 Å². The second kappa shape index (κ2) is 4.83. The summed E-state index contributed by atoms with van der Waals surface area (Å²) in [5.74, 6) is -0.607. The lowest BCUT2D eigenvalue weighted by atomic mass is 9.53. The Morgan fingerprint density at radius 1 is 1.35 bits per heavy atom. The number of rotatable bonds is 3. The van der Waals surface area contributed by atoms with Crippen LogP contribution in [0.3, 0.4) is 0 Å². The van der Waals surface area contributed by atoms with E-state index in [1.54, 1.807) is 0 Å². The summed E-state index contributed by atoms with van der Waals surface area (Å²) < 4.78 is 4.71. The molecule has 2 aliphatic carbocycles. The number of hydrogen-bond donors (Lipinski definition) is 0. The van der Waals surface area contributed by atoms with Gasteiger partial charge in [0, 0.05) is 12.0 Å². The second-order valence-corrected chi connectivity index (χ2v) is 6.40. The first-order valence-electron chi connectivity index (χ1n) is 7.10. The molecular weight excluding hydrogens is 256 g/mol. The van der Waals surface area contributed by atoms with Crippen LogP contribution in [0.25, 0.3) is 0 Å². The smallest absolute Gasteiger partial charge is 0.333 e. The van der Waals surface area contributed by atoms with Gasteiger partial charge >= 0.3 is 5.97 Å². The molecule has 2 saturated carbocycles. The number of carbonyl (C=O) groups is 3. The molecule has 0 radical (unpaired) electrons. The molecule has 0 amide bonds. The molecule has 110 valence electrons. The van der Waals surface area contributed by atoms with Gasteiger partial charge in [-0.2, -0.15) is 0 Å². The molecule has 2 rings (SSSR count). The van der Waals surface area contributed by atoms with Crippen LogP contribution in [0.4, 0.5) is 0 Å². The quantitative estimate of drug-likeness (QED) is 0.452. The Labute approximate surface area is 119 Å². The number of hydrogen-bond acceptors (Lipinski definition) is 4. The van der Waals surface area contributed by atoms with Crippen LogP contribution < -0.4 is 0 Å². The number of ketones is 2. The van der Waals surface area contributed by atoms with Crippen LogP contribution in [0.1, 0.15) is 46.0 Å². The average molecular weight is 278 g/mol. The third-order valence-corrected chi connectivity index (χ3v) is 5.55. The zero-order chi connectivity index (χ0) is 15.1. The number of methoxy groups -OCH3 is 1. The highest BCUT2D eigenvalue weighted by Gasteiger charge is 2.63. The molecule has 3 atom stereocenters. The molecule has 0 aromatic heterocycles. The Morgan fingerprint density at radius 2 is 2.00 bits per heavy atom. The van der Waals surface area contributed by atoms with Crippen LogP contribution in [0.5, 0.6) is 0 Å². The topological polar surface area (TPSA) is 60.4 Å². The summed E-state index contributed by atoms with van der Waals surface area (Å²) in [6.45, 7) is 7.35. The Bertz CT molecular complexity index is 493. The van der Waals surface area contributed by atoms with Crippen LogP contribution >= 0.6 is 0 Å². The summed E-state index contributed by atoms with van der Waals surface area (Å²) >= 11 is 0. The first-order valence-corrected chi connectivity index (χ1v) is 7.10. The van der Waals surface area contributed by atoms with Crippen molar-refractivity contribution in [2.24, 2.45) is 16.7 Å². The highest BCUT2D eigenvalue weighted by atomic mass is 16.5. The number of ether oxygens (including phenoxy) is 1. The number of esters is 1. The second-order valence-electron chi connectivity index (χ2n) is 6.40. The van der Waals surface area contributed by atoms with Gasteiger partial charge in [0.05, 0.1) is 12.5 Å². The van der Waals surface area contributed by atoms with Gasteiger partial charge in [-0.25, -0.2) is 4.79 Å². The molecule has 0 heterocycles. The molecule has 0 unspecified atom stereocenters. The average Bonchev–Trinajstić information content (AvgIpc) is 2.70. The van der Waals surface area contributed by atoms with Crippen molar-refractivity contribution in [3.8, 4) is 0 Å². The van der Waals surface area contributed by atoms with Crippen LogP contribution in [0.15, 0.2) is 12.2 Å². The zero-order valence-electron chi connectivity index (χ0n) is 12.5. The van der Waals surface area contributed by atoms with Crippen molar-refractivity contribution in [3.63, 3.8) is 0 Å². The molecule has 0 spiro atoms. The molecule has 0 aliphatic heterocycles. The van der Waals surface area contributed by atoms with E-state index in [1.807, 2.05) is 6.92 Å². The van der Waals surface area contributed by atoms with Crippen molar-refractivity contribution in [1.29, 1.82) is 0 Å². The van der Waals surface area contributed by atoms with Gasteiger partial charge in [-0.1, -0.05) is 13.5 Å². The molecule has 0 aromatic carbocycles. The molecular formula is C16H22O4. The van der Waals surface area contributed by atoms with Crippen molar-refractivity contribution in [2.75, 3.05) is 7.11 Å². The lowest BCUT2D eigenvalue weighted by Gasteiger charge is -2.47. The maximum absolute atomic E-state index is 12.4. The third-order valence-electron chi connectivity index (χ3n) is 5.55. The SMILES string of the molecule is C=C(C(=O)OC)[C@@H]1CC[C@@]2(C)CCC(=O)[C@@]2(C(C)=O)C1. The van der Waals surface area contributed by atoms with Gasteiger partial charge in [0.1, 0.15) is 11.6 Å². The largest absolute Gasteiger partial charge is 0.466 e. The van der Waals surface area contributed by atoms with E-state index in [0.717, 1.165) is 19.3 Å². The van der Waals surface area contributed by atoms with Gasteiger partial charge in [-0.3, -0.25) is 9.59 Å². The van der Waals surface area contributed by atoms with E-state index in [2.05, 4.69) is 6.58 Å². The van der Waals surface area contributed by atoms with Crippen molar-refractivity contribution >= 4 is 17.5 Å². The normalized spacial score (nSPS) is 36.4. The first kappa shape index (κ1) is 14.9. The summed E-state index contributed by atoms with van der Waals surface area (Å²) in [6.07, 6.45) is 3.20. The molecule has 0 aromatic rings. The van der Waals surface area contributed by atoms with Crippen LogP contribution in [-0.2, 0) is 19.1 Å². The van der Waals surface area contributed by atoms with E-state index in [1.165, 1.54) is 14.0 Å². The van der Waals surface area contributed by atoms with E-state index >= 15 is 0 Å². The van der Waals surface area contributed by atoms with Gasteiger partial charge in [0.2, 0.25) is 0 Å². The van der Waals surface area contributed by atoms with Crippen molar-refractivity contribution in [2.45, 2.75) is 46.0 Å². The predicted molar refractivity (Wildman–Crippen MR) is 74.0 cm³/mol. The highest BCUT2D eigenvalue weighted by molar-refractivity contribution is 6.08. The summed E-state index contributed by atoms with van der Waals surface area (Å²) in [6, 6.07) is 0. The van der Waals surface area contributed by atoms with Gasteiger partial charge in [0.15, 0.2) is 0 Å². The van der Waals surface area contributed by atoms with Gasteiger partial charge in [0.25, 0.3) is 0 Å². The van der Waals surface area contributed by atoms with Gasteiger partial charge < -0.3 is 4.74 Å². The maximum atomic E-state index is 12.4. The van der Waals surface area contributed by atoms with Crippen molar-refractivity contribution in [3.05, 3.63) is 12.2 Å². The van der Waals surface area contributed by atoms with Gasteiger partial charge in [-0.15, -0.1) is 0 Å². The monoisotopic (exact) mass is 278 g/mol. The van der Waals surface area contributed by atoms with Crippen LogP contribution in [0, 0.1) is 16.7 Å². The summed E-state index contributed by atoms with van der Waals surface area (Å²) in [7, 11) is 1.32. The zero-order valence-corrected chi connectivity index (χ0v) is 12.5. The predicted octanol–water partition coefficient (Wildman–Crippen LogP) is 2.46. The Hall–Kier alpha value is -1.45. The Kier molecular flexibility index (Phi) is 3.61. The molecule has 4 heteroatoms. The standard InChI is InChI=1S/C16H22O4/c1-10(14(19)20-4)12-5-7-15(3)8-6-13(18)16(15,9-12)11(2)17/h12H,1,5-9H2,2-4H3/t12-,15+,16+/m1/s1. The Balaban J connectivity index is 2.36. The minimum atomic E-state index is -0.924. The Morgan fingerprint density at radius 3 is 2.55 bits per heavy atom. The highest BCUT2D eigenvalue weighted by Crippen LogP contribution is 2.61. The fraction of sp³-hybridized carbons (Fsp3) is 0.688. The maximum Gasteiger partial charge on any atom is 0.333 e. The van der Waals surface area contributed by atoms with Crippen molar-refractivity contribution in [1.82, 2.24) is 0 Å². The lowest BCUT2D eigenvalue weighted by molar-refractivity contribution is -0.149. The number of carbonyl (C=O) groups excluding carboxylic acids is 3. The van der Waals surface area contributed by atoms with Crippen LogP contribution in [0.2, 0.25) is 0 Å².